The number of hydrazone groups is 1. The Bertz CT molecular complexity index is 1320. The first-order valence-electron chi connectivity index (χ1n) is 12.8. The molecule has 0 spiro atoms. The standard InChI is InChI=1S/C29H34N4O7/c1-6-9-20-14-19(10-12-22(20)38-7-2)16-30-33-25(34)17-40-23-13-11-21(15-24(23)37-5)27-26(28(35)39-8-3)18(4)31-29(36)32-27/h6,10-16,27H,1,7-9,17H2,2-5H3,(H,33,34)(H2,31,32,36)/b30-16-/t27-/m0/s1. The topological polar surface area (TPSA) is 137 Å². The minimum atomic E-state index is -0.761. The quantitative estimate of drug-likeness (QED) is 0.150. The summed E-state index contributed by atoms with van der Waals surface area (Å²) in [7, 11) is 1.45. The van der Waals surface area contributed by atoms with Crippen LogP contribution in [-0.4, -0.2) is 51.1 Å². The van der Waals surface area contributed by atoms with E-state index >= 15 is 0 Å². The first-order valence-corrected chi connectivity index (χ1v) is 12.8. The smallest absolute Gasteiger partial charge is 0.338 e. The second-order valence-corrected chi connectivity index (χ2v) is 8.58. The van der Waals surface area contributed by atoms with E-state index in [2.05, 4.69) is 27.7 Å². The fourth-order valence-corrected chi connectivity index (χ4v) is 4.05. The van der Waals surface area contributed by atoms with Crippen LogP contribution in [0.3, 0.4) is 0 Å². The van der Waals surface area contributed by atoms with Crippen LogP contribution in [0.15, 0.2) is 65.4 Å². The molecule has 3 N–H and O–H groups in total. The number of amides is 3. The van der Waals surface area contributed by atoms with Gasteiger partial charge < -0.3 is 29.6 Å². The van der Waals surface area contributed by atoms with E-state index in [1.165, 1.54) is 13.3 Å². The maximum atomic E-state index is 12.6. The van der Waals surface area contributed by atoms with Gasteiger partial charge in [-0.05, 0) is 74.2 Å². The molecule has 11 heteroatoms. The molecular formula is C29H34N4O7. The number of carbonyl (C=O) groups excluding carboxylic acids is 3. The van der Waals surface area contributed by atoms with Crippen molar-refractivity contribution in [3.63, 3.8) is 0 Å². The van der Waals surface area contributed by atoms with Gasteiger partial charge in [0.1, 0.15) is 5.75 Å². The van der Waals surface area contributed by atoms with Crippen molar-refractivity contribution in [1.82, 2.24) is 16.1 Å². The van der Waals surface area contributed by atoms with Crippen LogP contribution in [-0.2, 0) is 20.7 Å². The van der Waals surface area contributed by atoms with E-state index in [9.17, 15) is 14.4 Å². The maximum absolute atomic E-state index is 12.6. The van der Waals surface area contributed by atoms with Crippen LogP contribution >= 0.6 is 0 Å². The van der Waals surface area contributed by atoms with Crippen molar-refractivity contribution < 1.29 is 33.3 Å². The lowest BCUT2D eigenvalue weighted by molar-refractivity contribution is -0.139. The molecule has 1 aliphatic heterocycles. The molecular weight excluding hydrogens is 516 g/mol. The molecule has 0 radical (unpaired) electrons. The van der Waals surface area contributed by atoms with Gasteiger partial charge in [0, 0.05) is 5.70 Å². The summed E-state index contributed by atoms with van der Waals surface area (Å²) in [6, 6.07) is 9.29. The van der Waals surface area contributed by atoms with Gasteiger partial charge >= 0.3 is 12.0 Å². The molecule has 40 heavy (non-hydrogen) atoms. The molecule has 1 atom stereocenters. The van der Waals surface area contributed by atoms with Gasteiger partial charge in [0.2, 0.25) is 0 Å². The highest BCUT2D eigenvalue weighted by molar-refractivity contribution is 5.95. The number of allylic oxidation sites excluding steroid dienone is 2. The number of urea groups is 1. The normalized spacial score (nSPS) is 14.7. The Labute approximate surface area is 233 Å². The molecule has 0 bridgehead atoms. The van der Waals surface area contributed by atoms with E-state index < -0.39 is 23.9 Å². The van der Waals surface area contributed by atoms with Crippen molar-refractivity contribution in [2.24, 2.45) is 5.10 Å². The Hall–Kier alpha value is -4.80. The Balaban J connectivity index is 1.66. The molecule has 3 rings (SSSR count). The second kappa shape index (κ2) is 14.4. The van der Waals surface area contributed by atoms with Crippen LogP contribution in [0, 0.1) is 0 Å². The molecule has 3 amide bonds. The first-order chi connectivity index (χ1) is 19.3. The number of ether oxygens (including phenoxy) is 4. The lowest BCUT2D eigenvalue weighted by Gasteiger charge is -2.28. The van der Waals surface area contributed by atoms with Crippen molar-refractivity contribution in [2.75, 3.05) is 26.9 Å². The van der Waals surface area contributed by atoms with Crippen LogP contribution in [0.2, 0.25) is 0 Å². The highest BCUT2D eigenvalue weighted by atomic mass is 16.5. The molecule has 0 saturated heterocycles. The summed E-state index contributed by atoms with van der Waals surface area (Å²) in [4.78, 5) is 37.0. The first kappa shape index (κ1) is 29.8. The van der Waals surface area contributed by atoms with E-state index in [1.807, 2.05) is 25.1 Å². The maximum Gasteiger partial charge on any atom is 0.338 e. The average Bonchev–Trinajstić information content (AvgIpc) is 2.93. The van der Waals surface area contributed by atoms with Crippen molar-refractivity contribution in [2.45, 2.75) is 33.2 Å². The van der Waals surface area contributed by atoms with E-state index in [-0.39, 0.29) is 18.8 Å². The lowest BCUT2D eigenvalue weighted by Crippen LogP contribution is -2.45. The number of hydrogen-bond acceptors (Lipinski definition) is 8. The van der Waals surface area contributed by atoms with Crippen molar-refractivity contribution in [3.05, 3.63) is 77.0 Å². The number of nitrogens with one attached hydrogen (secondary N) is 3. The predicted octanol–water partition coefficient (Wildman–Crippen LogP) is 3.54. The number of nitrogens with zero attached hydrogens (tertiary/aromatic N) is 1. The molecule has 2 aromatic rings. The summed E-state index contributed by atoms with van der Waals surface area (Å²) in [5, 5.41) is 9.33. The summed E-state index contributed by atoms with van der Waals surface area (Å²) in [5.41, 5.74) is 5.43. The molecule has 11 nitrogen and oxygen atoms in total. The van der Waals surface area contributed by atoms with E-state index in [4.69, 9.17) is 18.9 Å². The van der Waals surface area contributed by atoms with Gasteiger partial charge in [-0.15, -0.1) is 6.58 Å². The van der Waals surface area contributed by atoms with E-state index in [0.717, 1.165) is 16.9 Å². The summed E-state index contributed by atoms with van der Waals surface area (Å²) in [6.07, 6.45) is 3.96. The lowest BCUT2D eigenvalue weighted by atomic mass is 9.95. The molecule has 1 aliphatic rings. The van der Waals surface area contributed by atoms with Crippen LogP contribution in [0.1, 0.15) is 43.5 Å². The van der Waals surface area contributed by atoms with Gasteiger partial charge in [-0.3, -0.25) is 4.79 Å². The van der Waals surface area contributed by atoms with E-state index in [0.29, 0.717) is 35.8 Å². The molecule has 0 saturated carbocycles. The Kier molecular flexibility index (Phi) is 10.7. The molecule has 2 aromatic carbocycles. The third kappa shape index (κ3) is 7.62. The van der Waals surface area contributed by atoms with E-state index in [1.54, 1.807) is 38.1 Å². The number of methoxy groups -OCH3 is 1. The summed E-state index contributed by atoms with van der Waals surface area (Å²) >= 11 is 0. The second-order valence-electron chi connectivity index (χ2n) is 8.58. The summed E-state index contributed by atoms with van der Waals surface area (Å²) < 4.78 is 21.9. The molecule has 212 valence electrons. The van der Waals surface area contributed by atoms with Crippen LogP contribution in [0.4, 0.5) is 4.79 Å². The molecule has 1 heterocycles. The highest BCUT2D eigenvalue weighted by Gasteiger charge is 2.32. The Morgan fingerprint density at radius 2 is 1.85 bits per heavy atom. The van der Waals surface area contributed by atoms with Gasteiger partial charge in [0.05, 0.1) is 38.2 Å². The summed E-state index contributed by atoms with van der Waals surface area (Å²) in [5.74, 6) is 0.364. The third-order valence-corrected chi connectivity index (χ3v) is 5.80. The molecule has 0 unspecified atom stereocenters. The minimum absolute atomic E-state index is 0.190. The number of rotatable bonds is 13. The fraction of sp³-hybridized carbons (Fsp3) is 0.310. The Morgan fingerprint density at radius 3 is 2.55 bits per heavy atom. The molecule has 0 fully saturated rings. The van der Waals surface area contributed by atoms with Gasteiger partial charge in [-0.1, -0.05) is 12.1 Å². The molecule has 0 aromatic heterocycles. The third-order valence-electron chi connectivity index (χ3n) is 5.80. The summed E-state index contributed by atoms with van der Waals surface area (Å²) in [6.45, 7) is 9.45. The zero-order valence-electron chi connectivity index (χ0n) is 23.0. The van der Waals surface area contributed by atoms with Crippen molar-refractivity contribution in [3.8, 4) is 17.2 Å². The zero-order chi connectivity index (χ0) is 29.1. The highest BCUT2D eigenvalue weighted by Crippen LogP contribution is 2.34. The average molecular weight is 551 g/mol. The largest absolute Gasteiger partial charge is 0.494 e. The van der Waals surface area contributed by atoms with Crippen LogP contribution in [0.25, 0.3) is 0 Å². The Morgan fingerprint density at radius 1 is 1.07 bits per heavy atom. The number of hydrogen-bond donors (Lipinski definition) is 3. The zero-order valence-corrected chi connectivity index (χ0v) is 23.0. The van der Waals surface area contributed by atoms with Gasteiger partial charge in [-0.25, -0.2) is 15.0 Å². The van der Waals surface area contributed by atoms with Gasteiger partial charge in [0.15, 0.2) is 18.1 Å². The van der Waals surface area contributed by atoms with Gasteiger partial charge in [-0.2, -0.15) is 5.10 Å². The number of benzene rings is 2. The van der Waals surface area contributed by atoms with Crippen molar-refractivity contribution >= 4 is 24.1 Å². The number of esters is 1. The SMILES string of the molecule is C=CCc1cc(/C=N\NC(=O)COc2ccc([C@@H]3NC(=O)NC(C)=C3C(=O)OCC)cc2OC)ccc1OCC. The van der Waals surface area contributed by atoms with Crippen LogP contribution < -0.4 is 30.3 Å². The monoisotopic (exact) mass is 550 g/mol. The van der Waals surface area contributed by atoms with Gasteiger partial charge in [0.25, 0.3) is 5.91 Å². The predicted molar refractivity (Wildman–Crippen MR) is 149 cm³/mol. The van der Waals surface area contributed by atoms with Crippen LogP contribution in [0.5, 0.6) is 17.2 Å². The minimum Gasteiger partial charge on any atom is -0.494 e. The number of carbonyl (C=O) groups is 3. The fourth-order valence-electron chi connectivity index (χ4n) is 4.05. The molecule has 0 aliphatic carbocycles. The van der Waals surface area contributed by atoms with Crippen molar-refractivity contribution in [1.29, 1.82) is 0 Å².